The van der Waals surface area contributed by atoms with Gasteiger partial charge >= 0.3 is 5.97 Å². The molecule has 0 fully saturated rings. The lowest BCUT2D eigenvalue weighted by molar-refractivity contribution is 0.0696. The molecule has 166 valence electrons. The number of nitrogens with one attached hydrogen (secondary N) is 1. The van der Waals surface area contributed by atoms with Gasteiger partial charge in [0.1, 0.15) is 0 Å². The number of sulfonamides is 1. The molecule has 2 N–H and O–H groups in total. The Hall–Kier alpha value is -4.04. The van der Waals surface area contributed by atoms with E-state index in [2.05, 4.69) is 9.71 Å². The second kappa shape index (κ2) is 8.48. The fourth-order valence-electron chi connectivity index (χ4n) is 3.42. The Morgan fingerprint density at radius 3 is 2.21 bits per heavy atom. The number of carbonyl (C=O) groups excluding carboxylic acids is 1. The molecule has 7 nitrogen and oxygen atoms in total. The highest BCUT2D eigenvalue weighted by Gasteiger charge is 2.26. The number of benzene rings is 3. The molecular weight excluding hydrogens is 440 g/mol. The zero-order valence-electron chi connectivity index (χ0n) is 17.9. The molecule has 0 aliphatic heterocycles. The minimum atomic E-state index is -4.16. The number of carboxylic acid groups (broad SMARTS) is 1. The zero-order chi connectivity index (χ0) is 23.8. The summed E-state index contributed by atoms with van der Waals surface area (Å²) in [6.45, 7) is 3.95. The van der Waals surface area contributed by atoms with Crippen LogP contribution in [0.4, 0.5) is 5.69 Å². The molecule has 33 heavy (non-hydrogen) atoms. The normalized spacial score (nSPS) is 14.5. The summed E-state index contributed by atoms with van der Waals surface area (Å²) >= 11 is 0. The van der Waals surface area contributed by atoms with Crippen LogP contribution in [0, 0.1) is 13.8 Å². The van der Waals surface area contributed by atoms with Crippen molar-refractivity contribution in [3.05, 3.63) is 106 Å². The highest BCUT2D eigenvalue weighted by molar-refractivity contribution is 7.90. The quantitative estimate of drug-likeness (QED) is 0.585. The molecule has 0 atom stereocenters. The first-order chi connectivity index (χ1) is 15.7. The van der Waals surface area contributed by atoms with Gasteiger partial charge in [0.05, 0.1) is 21.9 Å². The van der Waals surface area contributed by atoms with Crippen molar-refractivity contribution < 1.29 is 23.1 Å². The summed E-state index contributed by atoms with van der Waals surface area (Å²) in [5, 5.41) is 12.1. The van der Waals surface area contributed by atoms with E-state index in [0.29, 0.717) is 16.8 Å². The third kappa shape index (κ3) is 4.47. The standard InChI is InChI=1S/C25H20N2O5S/c1-15-7-10-18(13-16(15)2)26-23-14-22(20-5-3-4-6-21(20)24(23)28)27-33(31,32)19-11-8-17(9-12-19)25(29)30/h3-14,26H,1-2H3,(H,29,30). The van der Waals surface area contributed by atoms with Gasteiger partial charge in [0.25, 0.3) is 10.0 Å². The highest BCUT2D eigenvalue weighted by Crippen LogP contribution is 2.26. The van der Waals surface area contributed by atoms with Crippen LogP contribution in [0.1, 0.15) is 37.4 Å². The molecule has 4 rings (SSSR count). The van der Waals surface area contributed by atoms with Crippen LogP contribution in [0.15, 0.2) is 87.8 Å². The molecule has 0 aromatic heterocycles. The maximum atomic E-state index is 13.1. The van der Waals surface area contributed by atoms with Crippen LogP contribution in [0.25, 0.3) is 0 Å². The van der Waals surface area contributed by atoms with E-state index in [1.807, 2.05) is 32.0 Å². The maximum Gasteiger partial charge on any atom is 0.335 e. The summed E-state index contributed by atoms with van der Waals surface area (Å²) in [5.41, 5.74) is 3.87. The largest absolute Gasteiger partial charge is 0.478 e. The van der Waals surface area contributed by atoms with Gasteiger partial charge in [0.2, 0.25) is 5.78 Å². The van der Waals surface area contributed by atoms with Gasteiger partial charge in [-0.1, -0.05) is 30.3 Å². The van der Waals surface area contributed by atoms with Crippen molar-refractivity contribution in [3.8, 4) is 0 Å². The van der Waals surface area contributed by atoms with E-state index in [0.717, 1.165) is 11.1 Å². The minimum Gasteiger partial charge on any atom is -0.478 e. The van der Waals surface area contributed by atoms with Crippen molar-refractivity contribution in [2.75, 3.05) is 5.32 Å². The number of Topliss-reactive ketones (excluding diaryl/α,β-unsaturated/α-hetero) is 1. The fraction of sp³-hybridized carbons (Fsp3) is 0.0800. The van der Waals surface area contributed by atoms with Gasteiger partial charge in [0.15, 0.2) is 0 Å². The number of rotatable bonds is 5. The van der Waals surface area contributed by atoms with Gasteiger partial charge in [-0.15, -0.1) is 0 Å². The van der Waals surface area contributed by atoms with E-state index in [1.165, 1.54) is 30.3 Å². The van der Waals surface area contributed by atoms with E-state index < -0.39 is 16.0 Å². The summed E-state index contributed by atoms with van der Waals surface area (Å²) in [7, 11) is -4.16. The highest BCUT2D eigenvalue weighted by atomic mass is 32.2. The predicted molar refractivity (Wildman–Crippen MR) is 126 cm³/mol. The summed E-state index contributed by atoms with van der Waals surface area (Å²) < 4.78 is 29.9. The number of nitrogens with zero attached hydrogens (tertiary/aromatic N) is 1. The summed E-state index contributed by atoms with van der Waals surface area (Å²) in [4.78, 5) is 24.0. The van der Waals surface area contributed by atoms with Crippen molar-refractivity contribution in [2.45, 2.75) is 18.7 Å². The van der Waals surface area contributed by atoms with Crippen LogP contribution in [-0.4, -0.2) is 31.0 Å². The molecule has 0 heterocycles. The van der Waals surface area contributed by atoms with E-state index in [-0.39, 0.29) is 27.7 Å². The van der Waals surface area contributed by atoms with E-state index in [4.69, 9.17) is 5.11 Å². The number of carbonyl (C=O) groups is 2. The van der Waals surface area contributed by atoms with Crippen molar-refractivity contribution >= 4 is 33.2 Å². The number of hydrogen-bond acceptors (Lipinski definition) is 5. The molecule has 0 bridgehead atoms. The van der Waals surface area contributed by atoms with E-state index in [1.54, 1.807) is 24.3 Å². The molecule has 1 aliphatic carbocycles. The summed E-state index contributed by atoms with van der Waals surface area (Å²) in [6.07, 6.45) is 1.42. The van der Waals surface area contributed by atoms with Crippen LogP contribution in [-0.2, 0) is 10.0 Å². The molecule has 0 unspecified atom stereocenters. The number of carboxylic acids is 1. The second-order valence-corrected chi connectivity index (χ2v) is 9.24. The lowest BCUT2D eigenvalue weighted by atomic mass is 9.92. The number of allylic oxidation sites excluding steroid dienone is 2. The third-order valence-corrected chi connectivity index (χ3v) is 6.68. The van der Waals surface area contributed by atoms with E-state index >= 15 is 0 Å². The van der Waals surface area contributed by atoms with Gasteiger partial charge in [-0.3, -0.25) is 4.79 Å². The minimum absolute atomic E-state index is 0.0324. The van der Waals surface area contributed by atoms with Crippen LogP contribution in [0.2, 0.25) is 0 Å². The van der Waals surface area contributed by atoms with Crippen molar-refractivity contribution in [3.63, 3.8) is 0 Å². The molecule has 0 saturated heterocycles. The lowest BCUT2D eigenvalue weighted by Gasteiger charge is -2.19. The average Bonchev–Trinajstić information content (AvgIpc) is 2.79. The van der Waals surface area contributed by atoms with Crippen LogP contribution in [0.3, 0.4) is 0 Å². The SMILES string of the molecule is Cc1ccc(NC2=CC(=NS(=O)(=O)c3ccc(C(=O)O)cc3)c3ccccc3C2=O)cc1C. The first-order valence-corrected chi connectivity index (χ1v) is 11.5. The molecule has 8 heteroatoms. The molecule has 1 aliphatic rings. The van der Waals surface area contributed by atoms with Crippen LogP contribution in [0.5, 0.6) is 0 Å². The second-order valence-electron chi connectivity index (χ2n) is 7.64. The van der Waals surface area contributed by atoms with Crippen molar-refractivity contribution in [1.29, 1.82) is 0 Å². The monoisotopic (exact) mass is 460 g/mol. The molecule has 3 aromatic carbocycles. The maximum absolute atomic E-state index is 13.1. The average molecular weight is 461 g/mol. The number of aryl methyl sites for hydroxylation is 2. The van der Waals surface area contributed by atoms with Crippen LogP contribution < -0.4 is 5.32 Å². The molecule has 0 radical (unpaired) electrons. The Labute approximate surface area is 191 Å². The third-order valence-electron chi connectivity index (χ3n) is 5.38. The van der Waals surface area contributed by atoms with Gasteiger partial charge in [-0.25, -0.2) is 4.79 Å². The number of ketones is 1. The number of hydrogen-bond donors (Lipinski definition) is 2. The summed E-state index contributed by atoms with van der Waals surface area (Å²) in [6, 6.07) is 17.1. The Balaban J connectivity index is 1.78. The number of fused-ring (bicyclic) bond motifs is 1. The van der Waals surface area contributed by atoms with E-state index in [9.17, 15) is 18.0 Å². The molecular formula is C25H20N2O5S. The first-order valence-electron chi connectivity index (χ1n) is 10.0. The molecule has 0 saturated carbocycles. The zero-order valence-corrected chi connectivity index (χ0v) is 18.7. The van der Waals surface area contributed by atoms with Gasteiger partial charge in [-0.05, 0) is 67.4 Å². The number of anilines is 1. The van der Waals surface area contributed by atoms with Gasteiger partial charge in [-0.2, -0.15) is 12.8 Å². The molecule has 0 amide bonds. The Morgan fingerprint density at radius 1 is 0.909 bits per heavy atom. The Kier molecular flexibility index (Phi) is 5.69. The van der Waals surface area contributed by atoms with Gasteiger partial charge in [0, 0.05) is 16.8 Å². The lowest BCUT2D eigenvalue weighted by Crippen LogP contribution is -2.22. The summed E-state index contributed by atoms with van der Waals surface area (Å²) in [5.74, 6) is -1.43. The molecule has 3 aromatic rings. The van der Waals surface area contributed by atoms with Crippen LogP contribution >= 0.6 is 0 Å². The molecule has 0 spiro atoms. The predicted octanol–water partition coefficient (Wildman–Crippen LogP) is 4.37. The Bertz CT molecular complexity index is 1450. The fourth-order valence-corrected chi connectivity index (χ4v) is 4.42. The topological polar surface area (TPSA) is 113 Å². The smallest absolute Gasteiger partial charge is 0.335 e. The number of aromatic carboxylic acids is 1. The van der Waals surface area contributed by atoms with Crippen molar-refractivity contribution in [1.82, 2.24) is 0 Å². The first kappa shape index (κ1) is 22.2. The van der Waals surface area contributed by atoms with Crippen molar-refractivity contribution in [2.24, 2.45) is 4.40 Å². The van der Waals surface area contributed by atoms with Gasteiger partial charge < -0.3 is 10.4 Å². The Morgan fingerprint density at radius 2 is 1.58 bits per heavy atom.